The van der Waals surface area contributed by atoms with Gasteiger partial charge in [-0.2, -0.15) is 0 Å². The van der Waals surface area contributed by atoms with E-state index >= 15 is 0 Å². The number of nitrogens with two attached hydrogens (primary N) is 1. The zero-order valence-electron chi connectivity index (χ0n) is 14.1. The number of fused-ring (bicyclic) bond motifs is 3. The van der Waals surface area contributed by atoms with E-state index in [9.17, 15) is 9.59 Å². The van der Waals surface area contributed by atoms with E-state index < -0.39 is 5.91 Å². The predicted octanol–water partition coefficient (Wildman–Crippen LogP) is 2.29. The number of amides is 1. The molecule has 0 saturated carbocycles. The van der Waals surface area contributed by atoms with Gasteiger partial charge in [-0.3, -0.25) is 9.59 Å². The second kappa shape index (κ2) is 6.26. The summed E-state index contributed by atoms with van der Waals surface area (Å²) in [5.41, 5.74) is 6.80. The minimum atomic E-state index is -0.432. The highest BCUT2D eigenvalue weighted by Crippen LogP contribution is 2.31. The lowest BCUT2D eigenvalue weighted by Crippen LogP contribution is -2.21. The maximum atomic E-state index is 13.3. The van der Waals surface area contributed by atoms with Gasteiger partial charge in [0.05, 0.1) is 16.8 Å². The number of para-hydroxylation sites is 1. The molecule has 132 valence electrons. The number of primary amides is 1. The fourth-order valence-corrected chi connectivity index (χ4v) is 4.72. The van der Waals surface area contributed by atoms with E-state index in [1.54, 1.807) is 4.57 Å². The van der Waals surface area contributed by atoms with Gasteiger partial charge in [0, 0.05) is 4.88 Å². The number of thioether (sulfide) groups is 1. The van der Waals surface area contributed by atoms with Crippen molar-refractivity contribution >= 4 is 45.0 Å². The molecule has 3 heterocycles. The Hall–Kier alpha value is -2.65. The van der Waals surface area contributed by atoms with Crippen LogP contribution in [-0.4, -0.2) is 30.8 Å². The third-order valence-corrected chi connectivity index (χ3v) is 6.30. The Morgan fingerprint density at radius 1 is 1.23 bits per heavy atom. The molecule has 0 bridgehead atoms. The summed E-state index contributed by atoms with van der Waals surface area (Å²) in [4.78, 5) is 26.3. The van der Waals surface area contributed by atoms with Crippen molar-refractivity contribution in [3.63, 3.8) is 0 Å². The van der Waals surface area contributed by atoms with Crippen LogP contribution in [0.25, 0.3) is 21.7 Å². The van der Waals surface area contributed by atoms with Gasteiger partial charge in [-0.05, 0) is 31.5 Å². The van der Waals surface area contributed by atoms with Crippen LogP contribution in [0.2, 0.25) is 0 Å². The van der Waals surface area contributed by atoms with Crippen molar-refractivity contribution in [2.45, 2.75) is 19.0 Å². The minimum absolute atomic E-state index is 0.0933. The Labute approximate surface area is 156 Å². The molecule has 0 spiro atoms. The summed E-state index contributed by atoms with van der Waals surface area (Å²) in [6, 6.07) is 9.34. The highest BCUT2D eigenvalue weighted by molar-refractivity contribution is 7.99. The van der Waals surface area contributed by atoms with Crippen LogP contribution >= 0.6 is 23.1 Å². The molecular formula is C17H15N5O2S2. The number of carbonyl (C=O) groups is 1. The SMILES string of the molecule is Cc1sc2c(c1C)c(=O)n(-c1ccccc1)c1nnc(SCC(N)=O)n21. The van der Waals surface area contributed by atoms with E-state index in [0.29, 0.717) is 22.0 Å². The summed E-state index contributed by atoms with van der Waals surface area (Å²) in [5.74, 6) is 0.0793. The molecule has 0 aliphatic rings. The molecule has 26 heavy (non-hydrogen) atoms. The third kappa shape index (κ3) is 2.51. The van der Waals surface area contributed by atoms with Gasteiger partial charge in [-0.1, -0.05) is 30.0 Å². The molecular weight excluding hydrogens is 370 g/mol. The Bertz CT molecular complexity index is 1210. The maximum Gasteiger partial charge on any atom is 0.268 e. The van der Waals surface area contributed by atoms with Gasteiger partial charge in [0.2, 0.25) is 11.7 Å². The summed E-state index contributed by atoms with van der Waals surface area (Å²) in [7, 11) is 0. The molecule has 0 aliphatic heterocycles. The van der Waals surface area contributed by atoms with Crippen molar-refractivity contribution in [1.29, 1.82) is 0 Å². The van der Waals surface area contributed by atoms with Gasteiger partial charge in [0.15, 0.2) is 5.16 Å². The molecule has 2 N–H and O–H groups in total. The number of aromatic nitrogens is 4. The Morgan fingerprint density at radius 3 is 2.65 bits per heavy atom. The number of hydrogen-bond acceptors (Lipinski definition) is 6. The van der Waals surface area contributed by atoms with Crippen LogP contribution in [0.4, 0.5) is 0 Å². The van der Waals surface area contributed by atoms with Crippen LogP contribution in [-0.2, 0) is 4.79 Å². The molecule has 1 aromatic carbocycles. The fraction of sp³-hybridized carbons (Fsp3) is 0.176. The average Bonchev–Trinajstić information content (AvgIpc) is 3.16. The molecule has 0 atom stereocenters. The molecule has 4 aromatic rings. The van der Waals surface area contributed by atoms with E-state index in [0.717, 1.165) is 15.3 Å². The van der Waals surface area contributed by atoms with Crippen LogP contribution < -0.4 is 11.3 Å². The normalized spacial score (nSPS) is 11.5. The monoisotopic (exact) mass is 385 g/mol. The number of hydrogen-bond donors (Lipinski definition) is 1. The van der Waals surface area contributed by atoms with E-state index in [4.69, 9.17) is 5.73 Å². The number of aryl methyl sites for hydroxylation is 2. The molecule has 0 aliphatic carbocycles. The minimum Gasteiger partial charge on any atom is -0.369 e. The van der Waals surface area contributed by atoms with Crippen molar-refractivity contribution in [2.24, 2.45) is 5.73 Å². The summed E-state index contributed by atoms with van der Waals surface area (Å²) < 4.78 is 3.39. The standard InChI is InChI=1S/C17H15N5O2S2/c1-9-10(2)26-15-13(9)14(24)21(11-6-4-3-5-7-11)16-19-20-17(22(15)16)25-8-12(18)23/h3-7H,8H2,1-2H3,(H2,18,23). The van der Waals surface area contributed by atoms with Crippen LogP contribution in [0.15, 0.2) is 40.3 Å². The van der Waals surface area contributed by atoms with Crippen LogP contribution in [0.3, 0.4) is 0 Å². The smallest absolute Gasteiger partial charge is 0.268 e. The number of thiophene rings is 1. The molecule has 0 saturated heterocycles. The summed E-state index contributed by atoms with van der Waals surface area (Å²) in [6.45, 7) is 3.93. The average molecular weight is 385 g/mol. The van der Waals surface area contributed by atoms with Gasteiger partial charge in [-0.25, -0.2) is 8.97 Å². The summed E-state index contributed by atoms with van der Waals surface area (Å²) in [5, 5.41) is 9.61. The fourth-order valence-electron chi connectivity index (χ4n) is 2.84. The molecule has 7 nitrogen and oxygen atoms in total. The molecule has 0 radical (unpaired) electrons. The van der Waals surface area contributed by atoms with E-state index in [2.05, 4.69) is 10.2 Å². The van der Waals surface area contributed by atoms with Crippen molar-refractivity contribution in [3.8, 4) is 5.69 Å². The van der Waals surface area contributed by atoms with Crippen molar-refractivity contribution < 1.29 is 4.79 Å². The maximum absolute atomic E-state index is 13.3. The first-order chi connectivity index (χ1) is 12.5. The first kappa shape index (κ1) is 16.8. The largest absolute Gasteiger partial charge is 0.369 e. The summed E-state index contributed by atoms with van der Waals surface area (Å²) >= 11 is 2.73. The van der Waals surface area contributed by atoms with E-state index in [1.165, 1.54) is 23.1 Å². The number of carbonyl (C=O) groups excluding carboxylic acids is 1. The quantitative estimate of drug-likeness (QED) is 0.544. The summed E-state index contributed by atoms with van der Waals surface area (Å²) in [6.07, 6.45) is 0. The van der Waals surface area contributed by atoms with Gasteiger partial charge in [-0.15, -0.1) is 21.5 Å². The van der Waals surface area contributed by atoms with Crippen molar-refractivity contribution in [2.75, 3.05) is 5.75 Å². The lowest BCUT2D eigenvalue weighted by molar-refractivity contribution is -0.115. The molecule has 0 fully saturated rings. The van der Waals surface area contributed by atoms with Gasteiger partial charge in [0.25, 0.3) is 5.56 Å². The highest BCUT2D eigenvalue weighted by atomic mass is 32.2. The molecule has 0 unspecified atom stereocenters. The molecule has 4 rings (SSSR count). The number of benzene rings is 1. The van der Waals surface area contributed by atoms with Gasteiger partial charge >= 0.3 is 0 Å². The Balaban J connectivity index is 2.14. The van der Waals surface area contributed by atoms with Crippen molar-refractivity contribution in [1.82, 2.24) is 19.2 Å². The Morgan fingerprint density at radius 2 is 1.96 bits per heavy atom. The van der Waals surface area contributed by atoms with Crippen LogP contribution in [0, 0.1) is 13.8 Å². The molecule has 9 heteroatoms. The third-order valence-electron chi connectivity index (χ3n) is 4.16. The van der Waals surface area contributed by atoms with Crippen LogP contribution in [0.1, 0.15) is 10.4 Å². The second-order valence-corrected chi connectivity index (χ2v) is 7.96. The van der Waals surface area contributed by atoms with Crippen molar-refractivity contribution in [3.05, 3.63) is 51.1 Å². The van der Waals surface area contributed by atoms with Crippen LogP contribution in [0.5, 0.6) is 0 Å². The Kier molecular flexibility index (Phi) is 4.04. The van der Waals surface area contributed by atoms with E-state index in [-0.39, 0.29) is 11.3 Å². The molecule has 1 amide bonds. The zero-order valence-corrected chi connectivity index (χ0v) is 15.7. The number of rotatable bonds is 4. The first-order valence-electron chi connectivity index (χ1n) is 7.85. The topological polar surface area (TPSA) is 95.3 Å². The van der Waals surface area contributed by atoms with Gasteiger partial charge < -0.3 is 5.73 Å². The zero-order chi connectivity index (χ0) is 18.4. The lowest BCUT2D eigenvalue weighted by Gasteiger charge is -2.09. The molecule has 3 aromatic heterocycles. The first-order valence-corrected chi connectivity index (χ1v) is 9.65. The second-order valence-electron chi connectivity index (χ2n) is 5.81. The number of nitrogens with zero attached hydrogens (tertiary/aromatic N) is 4. The lowest BCUT2D eigenvalue weighted by atomic mass is 10.2. The van der Waals surface area contributed by atoms with Gasteiger partial charge in [0.1, 0.15) is 4.83 Å². The van der Waals surface area contributed by atoms with E-state index in [1.807, 2.05) is 48.6 Å². The predicted molar refractivity (Wildman–Crippen MR) is 103 cm³/mol. The highest BCUT2D eigenvalue weighted by Gasteiger charge is 2.21.